The number of hydrogen-bond acceptors (Lipinski definition) is 5. The van der Waals surface area contributed by atoms with Crippen LogP contribution in [0.1, 0.15) is 29.5 Å². The van der Waals surface area contributed by atoms with E-state index in [4.69, 9.17) is 0 Å². The molecule has 6 nitrogen and oxygen atoms in total. The quantitative estimate of drug-likeness (QED) is 0.307. The van der Waals surface area contributed by atoms with Crippen LogP contribution >= 0.6 is 0 Å². The number of aliphatic hydroxyl groups is 1. The molecule has 214 valence electrons. The number of pyridine rings is 1. The van der Waals surface area contributed by atoms with Crippen molar-refractivity contribution in [1.82, 2.24) is 10.3 Å². The van der Waals surface area contributed by atoms with Crippen molar-refractivity contribution in [2.75, 3.05) is 0 Å². The smallest absolute Gasteiger partial charge is 0.369 e. The number of carbonyl (C=O) groups excluding carboxylic acids is 1. The number of aromatic nitrogens is 1. The van der Waals surface area contributed by atoms with Gasteiger partial charge in [0.05, 0.1) is 11.3 Å². The molecular weight excluding hydrogens is 569 g/mol. The number of alkyl halides is 6. The molecule has 0 spiro atoms. The van der Waals surface area contributed by atoms with E-state index in [1.54, 1.807) is 12.1 Å². The summed E-state index contributed by atoms with van der Waals surface area (Å²) in [5.41, 5.74) is -6.27. The molecule has 0 radical (unpaired) electrons. The first-order valence-corrected chi connectivity index (χ1v) is 13.1. The second-order valence-corrected chi connectivity index (χ2v) is 11.7. The van der Waals surface area contributed by atoms with Crippen LogP contribution in [0.2, 0.25) is 0 Å². The lowest BCUT2D eigenvalue weighted by molar-refractivity contribution is -0.376. The fourth-order valence-corrected chi connectivity index (χ4v) is 6.99. The van der Waals surface area contributed by atoms with E-state index in [-0.39, 0.29) is 29.7 Å². The SMILES string of the molecule is O=C(Cc1ccncc1)N[C@H]1C[C@](c2ccc(C(O)(C(F)(F)F)C(F)(F)F)cc2)(S(=O)(=O)c2ccc(F)cc2)C1. The summed E-state index contributed by atoms with van der Waals surface area (Å²) >= 11 is 0. The average Bonchev–Trinajstić information content (AvgIpc) is 2.85. The summed E-state index contributed by atoms with van der Waals surface area (Å²) in [6.07, 6.45) is -9.85. The van der Waals surface area contributed by atoms with Gasteiger partial charge in [-0.05, 0) is 60.4 Å². The third kappa shape index (κ3) is 5.05. The van der Waals surface area contributed by atoms with Crippen LogP contribution < -0.4 is 5.32 Å². The van der Waals surface area contributed by atoms with Crippen molar-refractivity contribution in [3.63, 3.8) is 0 Å². The molecule has 3 aromatic rings. The van der Waals surface area contributed by atoms with Crippen molar-refractivity contribution < 1.29 is 49.1 Å². The monoisotopic (exact) mass is 590 g/mol. The molecule has 1 heterocycles. The second kappa shape index (κ2) is 10.1. The van der Waals surface area contributed by atoms with Crippen LogP contribution in [-0.2, 0) is 31.4 Å². The highest BCUT2D eigenvalue weighted by Gasteiger charge is 2.71. The van der Waals surface area contributed by atoms with Gasteiger partial charge in [-0.15, -0.1) is 0 Å². The first kappa shape index (κ1) is 29.5. The lowest BCUT2D eigenvalue weighted by atomic mass is 9.74. The van der Waals surface area contributed by atoms with Gasteiger partial charge in [-0.1, -0.05) is 24.3 Å². The summed E-state index contributed by atoms with van der Waals surface area (Å²) in [5.74, 6) is -1.18. The van der Waals surface area contributed by atoms with Gasteiger partial charge in [-0.2, -0.15) is 26.3 Å². The number of hydrogen-bond donors (Lipinski definition) is 2. The van der Waals surface area contributed by atoms with Gasteiger partial charge in [0, 0.05) is 24.0 Å². The van der Waals surface area contributed by atoms with Crippen LogP contribution in [0.5, 0.6) is 0 Å². The number of benzene rings is 2. The summed E-state index contributed by atoms with van der Waals surface area (Å²) in [6, 6.07) is 8.55. The Bertz CT molecular complexity index is 1450. The maximum absolute atomic E-state index is 13.7. The van der Waals surface area contributed by atoms with E-state index in [2.05, 4.69) is 10.3 Å². The van der Waals surface area contributed by atoms with Crippen molar-refractivity contribution in [1.29, 1.82) is 0 Å². The maximum Gasteiger partial charge on any atom is 0.430 e. The maximum atomic E-state index is 13.7. The van der Waals surface area contributed by atoms with Gasteiger partial charge < -0.3 is 10.4 Å². The van der Waals surface area contributed by atoms with Gasteiger partial charge in [0.2, 0.25) is 5.91 Å². The fourth-order valence-electron chi connectivity index (χ4n) is 4.76. The van der Waals surface area contributed by atoms with Gasteiger partial charge in [0.15, 0.2) is 9.84 Å². The zero-order chi connectivity index (χ0) is 29.6. The molecule has 1 fully saturated rings. The molecule has 0 atom stereocenters. The molecule has 1 aromatic heterocycles. The predicted molar refractivity (Wildman–Crippen MR) is 127 cm³/mol. The lowest BCUT2D eigenvalue weighted by Crippen LogP contribution is -2.57. The molecule has 0 bridgehead atoms. The summed E-state index contributed by atoms with van der Waals surface area (Å²) in [5, 5.41) is 12.4. The van der Waals surface area contributed by atoms with Crippen molar-refractivity contribution in [3.8, 4) is 0 Å². The molecule has 2 aromatic carbocycles. The van der Waals surface area contributed by atoms with Crippen LogP contribution in [0, 0.1) is 5.82 Å². The van der Waals surface area contributed by atoms with Gasteiger partial charge in [0.1, 0.15) is 10.6 Å². The zero-order valence-corrected chi connectivity index (χ0v) is 21.1. The van der Waals surface area contributed by atoms with Crippen LogP contribution in [-0.4, -0.2) is 42.8 Å². The van der Waals surface area contributed by atoms with Crippen molar-refractivity contribution in [3.05, 3.63) is 95.6 Å². The minimum absolute atomic E-state index is 0.0428. The standard InChI is InChI=1S/C26H21F7N2O4S/c27-19-5-7-21(8-6-19)40(38,39)23(14-20(15-23)35-22(36)13-16-9-11-34-12-10-16)17-1-3-18(4-2-17)24(37,25(28,29)30)26(31,32)33/h1-12,20,37H,13-15H2,(H,35,36)/t20-,23-. The average molecular weight is 591 g/mol. The fraction of sp³-hybridized carbons (Fsp3) is 0.308. The molecule has 0 aliphatic heterocycles. The first-order chi connectivity index (χ1) is 18.5. The first-order valence-electron chi connectivity index (χ1n) is 11.7. The Labute approximate surface area is 223 Å². The molecule has 0 saturated heterocycles. The molecule has 0 unspecified atom stereocenters. The lowest BCUT2D eigenvalue weighted by Gasteiger charge is -2.47. The molecule has 1 amide bonds. The summed E-state index contributed by atoms with van der Waals surface area (Å²) in [7, 11) is -4.40. The van der Waals surface area contributed by atoms with Crippen LogP contribution in [0.25, 0.3) is 0 Å². The Hall–Kier alpha value is -3.52. The van der Waals surface area contributed by atoms with Gasteiger partial charge in [-0.25, -0.2) is 12.8 Å². The van der Waals surface area contributed by atoms with Crippen molar-refractivity contribution >= 4 is 15.7 Å². The van der Waals surface area contributed by atoms with Crippen molar-refractivity contribution in [2.24, 2.45) is 0 Å². The highest BCUT2D eigenvalue weighted by atomic mass is 32.2. The second-order valence-electron chi connectivity index (χ2n) is 9.44. The van der Waals surface area contributed by atoms with Crippen LogP contribution in [0.3, 0.4) is 0 Å². The molecule has 14 heteroatoms. The zero-order valence-electron chi connectivity index (χ0n) is 20.3. The van der Waals surface area contributed by atoms with E-state index < -0.39 is 55.9 Å². The Balaban J connectivity index is 1.68. The number of halogens is 7. The van der Waals surface area contributed by atoms with E-state index in [0.29, 0.717) is 17.7 Å². The summed E-state index contributed by atoms with van der Waals surface area (Å²) in [4.78, 5) is 16.0. The van der Waals surface area contributed by atoms with E-state index >= 15 is 0 Å². The minimum Gasteiger partial charge on any atom is -0.369 e. The number of rotatable bonds is 7. The number of carbonyl (C=O) groups is 1. The molecule has 1 saturated carbocycles. The topological polar surface area (TPSA) is 96.4 Å². The molecule has 1 aliphatic carbocycles. The van der Waals surface area contributed by atoms with Gasteiger partial charge >= 0.3 is 12.4 Å². The van der Waals surface area contributed by atoms with E-state index in [1.165, 1.54) is 12.4 Å². The Morgan fingerprint density at radius 1 is 0.900 bits per heavy atom. The number of sulfone groups is 1. The van der Waals surface area contributed by atoms with Gasteiger partial charge in [0.25, 0.3) is 5.60 Å². The van der Waals surface area contributed by atoms with E-state index in [1.807, 2.05) is 0 Å². The normalized spacial score (nSPS) is 20.1. The molecule has 1 aliphatic rings. The Morgan fingerprint density at radius 3 is 1.93 bits per heavy atom. The summed E-state index contributed by atoms with van der Waals surface area (Å²) < 4.78 is 119. The third-order valence-corrected chi connectivity index (χ3v) is 9.41. The van der Waals surface area contributed by atoms with Crippen LogP contribution in [0.15, 0.2) is 78.0 Å². The minimum atomic E-state index is -6.12. The third-order valence-electron chi connectivity index (χ3n) is 6.92. The predicted octanol–water partition coefficient (Wildman–Crippen LogP) is 4.72. The highest BCUT2D eigenvalue weighted by Crippen LogP contribution is 2.53. The summed E-state index contributed by atoms with van der Waals surface area (Å²) in [6.45, 7) is 0. The largest absolute Gasteiger partial charge is 0.430 e. The van der Waals surface area contributed by atoms with Gasteiger partial charge in [-0.3, -0.25) is 9.78 Å². The highest BCUT2D eigenvalue weighted by molar-refractivity contribution is 7.92. The molecular formula is C26H21F7N2O4S. The van der Waals surface area contributed by atoms with E-state index in [0.717, 1.165) is 36.4 Å². The van der Waals surface area contributed by atoms with E-state index in [9.17, 15) is 49.1 Å². The Kier molecular flexibility index (Phi) is 7.47. The molecule has 4 rings (SSSR count). The number of nitrogens with zero attached hydrogens (tertiary/aromatic N) is 1. The molecule has 40 heavy (non-hydrogen) atoms. The number of amides is 1. The Morgan fingerprint density at radius 2 is 1.43 bits per heavy atom. The van der Waals surface area contributed by atoms with Crippen molar-refractivity contribution in [2.45, 2.75) is 52.9 Å². The number of nitrogens with one attached hydrogen (secondary N) is 1. The van der Waals surface area contributed by atoms with Crippen LogP contribution in [0.4, 0.5) is 30.7 Å². The molecule has 2 N–H and O–H groups in total.